The molecule has 0 saturated carbocycles. The standard InChI is InChI=1S/C11H10O2S/c1-6-5-9(11(12)13)7(2)8-3-4-14-10(6)8/h3-5H,1-2H3,(H,12,13). The van der Waals surface area contributed by atoms with Gasteiger partial charge in [-0.3, -0.25) is 0 Å². The lowest BCUT2D eigenvalue weighted by Gasteiger charge is -2.04. The van der Waals surface area contributed by atoms with E-state index in [1.54, 1.807) is 17.4 Å². The molecule has 3 heteroatoms. The number of aryl methyl sites for hydroxylation is 2. The van der Waals surface area contributed by atoms with Crippen LogP contribution in [-0.2, 0) is 0 Å². The van der Waals surface area contributed by atoms with Crippen molar-refractivity contribution < 1.29 is 9.90 Å². The summed E-state index contributed by atoms with van der Waals surface area (Å²) in [5, 5.41) is 12.0. The van der Waals surface area contributed by atoms with Gasteiger partial charge in [0, 0.05) is 4.70 Å². The highest BCUT2D eigenvalue weighted by molar-refractivity contribution is 7.17. The topological polar surface area (TPSA) is 37.3 Å². The van der Waals surface area contributed by atoms with E-state index in [1.807, 2.05) is 25.3 Å². The van der Waals surface area contributed by atoms with Crippen LogP contribution in [0, 0.1) is 13.8 Å². The molecule has 0 unspecified atom stereocenters. The summed E-state index contributed by atoms with van der Waals surface area (Å²) in [7, 11) is 0. The van der Waals surface area contributed by atoms with Crippen LogP contribution in [0.1, 0.15) is 21.5 Å². The molecule has 0 saturated heterocycles. The van der Waals surface area contributed by atoms with Gasteiger partial charge in [-0.15, -0.1) is 11.3 Å². The van der Waals surface area contributed by atoms with Gasteiger partial charge in [0.2, 0.25) is 0 Å². The fourth-order valence-corrected chi connectivity index (χ4v) is 2.60. The average molecular weight is 206 g/mol. The van der Waals surface area contributed by atoms with Crippen molar-refractivity contribution in [1.82, 2.24) is 0 Å². The molecule has 0 spiro atoms. The summed E-state index contributed by atoms with van der Waals surface area (Å²) in [5.41, 5.74) is 2.31. The fraction of sp³-hybridized carbons (Fsp3) is 0.182. The van der Waals surface area contributed by atoms with E-state index in [0.717, 1.165) is 16.5 Å². The number of hydrogen-bond acceptors (Lipinski definition) is 2. The molecule has 1 aromatic heterocycles. The Morgan fingerprint density at radius 3 is 2.79 bits per heavy atom. The molecule has 72 valence electrons. The van der Waals surface area contributed by atoms with Gasteiger partial charge in [-0.25, -0.2) is 4.79 Å². The monoisotopic (exact) mass is 206 g/mol. The lowest BCUT2D eigenvalue weighted by molar-refractivity contribution is 0.0696. The first-order chi connectivity index (χ1) is 6.61. The van der Waals surface area contributed by atoms with Crippen LogP contribution in [0.5, 0.6) is 0 Å². The van der Waals surface area contributed by atoms with Crippen LogP contribution in [0.3, 0.4) is 0 Å². The van der Waals surface area contributed by atoms with Crippen molar-refractivity contribution in [3.8, 4) is 0 Å². The van der Waals surface area contributed by atoms with E-state index in [0.29, 0.717) is 5.56 Å². The van der Waals surface area contributed by atoms with E-state index in [9.17, 15) is 4.79 Å². The van der Waals surface area contributed by atoms with E-state index in [1.165, 1.54) is 4.70 Å². The molecule has 1 N–H and O–H groups in total. The molecule has 0 radical (unpaired) electrons. The van der Waals surface area contributed by atoms with Crippen molar-refractivity contribution in [3.05, 3.63) is 34.2 Å². The van der Waals surface area contributed by atoms with Gasteiger partial charge in [0.15, 0.2) is 0 Å². The molecule has 0 aliphatic carbocycles. The Morgan fingerprint density at radius 1 is 1.43 bits per heavy atom. The molecule has 0 aliphatic heterocycles. The van der Waals surface area contributed by atoms with Crippen molar-refractivity contribution in [2.75, 3.05) is 0 Å². The largest absolute Gasteiger partial charge is 0.478 e. The molecule has 0 bridgehead atoms. The normalized spacial score (nSPS) is 10.7. The van der Waals surface area contributed by atoms with Crippen LogP contribution >= 0.6 is 11.3 Å². The molecule has 0 atom stereocenters. The van der Waals surface area contributed by atoms with Crippen LogP contribution in [0.15, 0.2) is 17.5 Å². The number of aromatic carboxylic acids is 1. The zero-order valence-electron chi connectivity index (χ0n) is 8.00. The number of hydrogen-bond donors (Lipinski definition) is 1. The Morgan fingerprint density at radius 2 is 2.14 bits per heavy atom. The molecule has 0 aliphatic rings. The van der Waals surface area contributed by atoms with Crippen LogP contribution in [0.4, 0.5) is 0 Å². The number of benzene rings is 1. The summed E-state index contributed by atoms with van der Waals surface area (Å²) >= 11 is 1.66. The number of carbonyl (C=O) groups is 1. The van der Waals surface area contributed by atoms with Crippen molar-refractivity contribution in [1.29, 1.82) is 0 Å². The molecule has 14 heavy (non-hydrogen) atoms. The van der Waals surface area contributed by atoms with E-state index in [2.05, 4.69) is 0 Å². The predicted molar refractivity (Wildman–Crippen MR) is 58.3 cm³/mol. The molecular weight excluding hydrogens is 196 g/mol. The molecule has 2 nitrogen and oxygen atoms in total. The molecule has 0 fully saturated rings. The summed E-state index contributed by atoms with van der Waals surface area (Å²) in [6.45, 7) is 3.81. The third kappa shape index (κ3) is 1.21. The summed E-state index contributed by atoms with van der Waals surface area (Å²) in [6.07, 6.45) is 0. The minimum absolute atomic E-state index is 0.411. The first-order valence-corrected chi connectivity index (χ1v) is 5.20. The Bertz CT molecular complexity index is 511. The SMILES string of the molecule is Cc1c(C(=O)O)cc(C)c2sccc12. The molecular formula is C11H10O2S. The highest BCUT2D eigenvalue weighted by Crippen LogP contribution is 2.29. The first-order valence-electron chi connectivity index (χ1n) is 4.32. The Labute approximate surface area is 85.8 Å². The van der Waals surface area contributed by atoms with Crippen LogP contribution in [0.2, 0.25) is 0 Å². The van der Waals surface area contributed by atoms with Crippen LogP contribution in [0.25, 0.3) is 10.1 Å². The van der Waals surface area contributed by atoms with E-state index in [4.69, 9.17) is 5.11 Å². The first kappa shape index (κ1) is 9.21. The number of rotatable bonds is 1. The third-order valence-corrected chi connectivity index (χ3v) is 3.47. The maximum atomic E-state index is 10.9. The molecule has 0 amide bonds. The Hall–Kier alpha value is -1.35. The second-order valence-electron chi connectivity index (χ2n) is 3.33. The predicted octanol–water partition coefficient (Wildman–Crippen LogP) is 3.22. The molecule has 1 heterocycles. The summed E-state index contributed by atoms with van der Waals surface area (Å²) < 4.78 is 1.19. The van der Waals surface area contributed by atoms with Gasteiger partial charge in [0.05, 0.1) is 5.56 Å². The van der Waals surface area contributed by atoms with Gasteiger partial charge in [-0.2, -0.15) is 0 Å². The second-order valence-corrected chi connectivity index (χ2v) is 4.25. The minimum atomic E-state index is -0.848. The minimum Gasteiger partial charge on any atom is -0.478 e. The quantitative estimate of drug-likeness (QED) is 0.777. The third-order valence-electron chi connectivity index (χ3n) is 2.42. The van der Waals surface area contributed by atoms with E-state index < -0.39 is 5.97 Å². The maximum Gasteiger partial charge on any atom is 0.335 e. The van der Waals surface area contributed by atoms with Crippen LogP contribution in [-0.4, -0.2) is 11.1 Å². The second kappa shape index (κ2) is 3.10. The Kier molecular flexibility index (Phi) is 2.04. The molecule has 1 aromatic carbocycles. The average Bonchev–Trinajstić information content (AvgIpc) is 2.59. The maximum absolute atomic E-state index is 10.9. The number of carboxylic acids is 1. The lowest BCUT2D eigenvalue weighted by Crippen LogP contribution is -2.00. The summed E-state index contributed by atoms with van der Waals surface area (Å²) in [6, 6.07) is 3.73. The number of carboxylic acid groups (broad SMARTS) is 1. The van der Waals surface area contributed by atoms with Crippen molar-refractivity contribution in [3.63, 3.8) is 0 Å². The van der Waals surface area contributed by atoms with Gasteiger partial charge in [-0.05, 0) is 47.9 Å². The summed E-state index contributed by atoms with van der Waals surface area (Å²) in [5.74, 6) is -0.848. The van der Waals surface area contributed by atoms with Crippen molar-refractivity contribution in [2.45, 2.75) is 13.8 Å². The van der Waals surface area contributed by atoms with Gasteiger partial charge in [0.25, 0.3) is 0 Å². The zero-order valence-corrected chi connectivity index (χ0v) is 8.81. The van der Waals surface area contributed by atoms with Crippen molar-refractivity contribution in [2.24, 2.45) is 0 Å². The van der Waals surface area contributed by atoms with Gasteiger partial charge in [0.1, 0.15) is 0 Å². The lowest BCUT2D eigenvalue weighted by atomic mass is 10.0. The zero-order chi connectivity index (χ0) is 10.3. The summed E-state index contributed by atoms with van der Waals surface area (Å²) in [4.78, 5) is 10.9. The Balaban J connectivity index is 2.88. The van der Waals surface area contributed by atoms with E-state index in [-0.39, 0.29) is 0 Å². The molecule has 2 aromatic rings. The fourth-order valence-electron chi connectivity index (χ4n) is 1.67. The van der Waals surface area contributed by atoms with Gasteiger partial charge in [-0.1, -0.05) is 0 Å². The van der Waals surface area contributed by atoms with Crippen LogP contribution < -0.4 is 0 Å². The highest BCUT2D eigenvalue weighted by Gasteiger charge is 2.12. The van der Waals surface area contributed by atoms with E-state index >= 15 is 0 Å². The highest BCUT2D eigenvalue weighted by atomic mass is 32.1. The van der Waals surface area contributed by atoms with Crippen molar-refractivity contribution >= 4 is 27.4 Å². The van der Waals surface area contributed by atoms with Gasteiger partial charge >= 0.3 is 5.97 Å². The van der Waals surface area contributed by atoms with Gasteiger partial charge < -0.3 is 5.11 Å². The smallest absolute Gasteiger partial charge is 0.335 e. The molecule has 2 rings (SSSR count). The number of thiophene rings is 1. The number of fused-ring (bicyclic) bond motifs is 1.